The molecule has 0 saturated carbocycles. The molecule has 0 unspecified atom stereocenters. The monoisotopic (exact) mass is 519 g/mol. The fraction of sp³-hybridized carbons (Fsp3) is 0.519. The van der Waals surface area contributed by atoms with E-state index in [1.54, 1.807) is 20.4 Å². The molecule has 2 N–H and O–H groups in total. The SMILES string of the molecule is C=O.CC.CCN(CC)CCc1ccc(N/C=C\C(=O)N(C)/C(SC)=C(\C#N)CNCCOC)cc1. The van der Waals surface area contributed by atoms with Crippen molar-refractivity contribution >= 4 is 30.1 Å². The molecule has 9 heteroatoms. The molecule has 0 atom stereocenters. The normalized spacial score (nSPS) is 11.0. The highest BCUT2D eigenvalue weighted by atomic mass is 32.2. The number of amides is 1. The van der Waals surface area contributed by atoms with Crippen molar-refractivity contribution in [1.29, 1.82) is 5.26 Å². The number of thioether (sulfide) groups is 1. The average Bonchev–Trinajstić information content (AvgIpc) is 2.93. The van der Waals surface area contributed by atoms with E-state index in [0.29, 0.717) is 30.3 Å². The summed E-state index contributed by atoms with van der Waals surface area (Å²) in [6.07, 6.45) is 5.98. The second-order valence-electron chi connectivity index (χ2n) is 7.12. The highest BCUT2D eigenvalue weighted by molar-refractivity contribution is 8.02. The topological polar surface area (TPSA) is 97.7 Å². The number of anilines is 1. The van der Waals surface area contributed by atoms with Gasteiger partial charge in [-0.2, -0.15) is 5.26 Å². The van der Waals surface area contributed by atoms with Gasteiger partial charge in [0.15, 0.2) is 0 Å². The van der Waals surface area contributed by atoms with Crippen molar-refractivity contribution in [3.8, 4) is 6.07 Å². The fourth-order valence-electron chi connectivity index (χ4n) is 3.03. The summed E-state index contributed by atoms with van der Waals surface area (Å²) in [6.45, 7) is 15.1. The van der Waals surface area contributed by atoms with Crippen LogP contribution in [0.25, 0.3) is 0 Å². The summed E-state index contributed by atoms with van der Waals surface area (Å²) in [5, 5.41) is 16.4. The summed E-state index contributed by atoms with van der Waals surface area (Å²) in [5.41, 5.74) is 2.73. The average molecular weight is 520 g/mol. The molecule has 0 heterocycles. The smallest absolute Gasteiger partial charge is 0.252 e. The second-order valence-corrected chi connectivity index (χ2v) is 7.91. The molecule has 0 aromatic heterocycles. The van der Waals surface area contributed by atoms with Crippen molar-refractivity contribution in [3.63, 3.8) is 0 Å². The fourth-order valence-corrected chi connectivity index (χ4v) is 3.76. The van der Waals surface area contributed by atoms with Crippen molar-refractivity contribution < 1.29 is 14.3 Å². The van der Waals surface area contributed by atoms with E-state index in [9.17, 15) is 10.1 Å². The largest absolute Gasteiger partial charge is 0.383 e. The third-order valence-corrected chi connectivity index (χ3v) is 5.95. The molecule has 36 heavy (non-hydrogen) atoms. The lowest BCUT2D eigenvalue weighted by molar-refractivity contribution is -0.122. The van der Waals surface area contributed by atoms with E-state index in [0.717, 1.165) is 31.7 Å². The van der Waals surface area contributed by atoms with Gasteiger partial charge in [0.2, 0.25) is 0 Å². The Morgan fingerprint density at radius 2 is 1.81 bits per heavy atom. The van der Waals surface area contributed by atoms with Gasteiger partial charge in [-0.25, -0.2) is 0 Å². The number of carbonyl (C=O) groups excluding carboxylic acids is 2. The molecule has 0 bridgehead atoms. The van der Waals surface area contributed by atoms with Crippen molar-refractivity contribution in [2.45, 2.75) is 34.1 Å². The van der Waals surface area contributed by atoms with Gasteiger partial charge in [0.25, 0.3) is 5.91 Å². The summed E-state index contributed by atoms with van der Waals surface area (Å²) in [6, 6.07) is 10.4. The lowest BCUT2D eigenvalue weighted by Crippen LogP contribution is -2.27. The van der Waals surface area contributed by atoms with Crippen molar-refractivity contribution in [2.24, 2.45) is 0 Å². The standard InChI is InChI=1S/C24H37N5O2S.C2H6.CH2O/c1-6-29(7-2)16-13-20-8-10-22(11-9-20)27-14-12-23(30)28(3)24(32-5)21(18-25)19-26-15-17-31-4;2*1-2/h8-12,14,26-27H,6-7,13,15-17,19H2,1-5H3;1-2H3;1H2/b14-12-,24-21-;;. The number of nitrogens with one attached hydrogen (secondary N) is 2. The molecule has 1 aromatic rings. The van der Waals surface area contributed by atoms with Crippen molar-refractivity contribution in [3.05, 3.63) is 52.7 Å². The molecule has 0 radical (unpaired) electrons. The minimum atomic E-state index is -0.206. The Bertz CT molecular complexity index is 803. The molecular weight excluding hydrogens is 474 g/mol. The summed E-state index contributed by atoms with van der Waals surface area (Å²) in [7, 11) is 3.31. The van der Waals surface area contributed by atoms with Crippen LogP contribution >= 0.6 is 11.8 Å². The summed E-state index contributed by atoms with van der Waals surface area (Å²) < 4.78 is 5.00. The first-order valence-corrected chi connectivity index (χ1v) is 13.4. The number of methoxy groups -OCH3 is 1. The van der Waals surface area contributed by atoms with Crippen LogP contribution in [0.15, 0.2) is 47.1 Å². The second kappa shape index (κ2) is 24.1. The molecular formula is C27H45N5O3S. The van der Waals surface area contributed by atoms with E-state index >= 15 is 0 Å². The maximum absolute atomic E-state index is 12.6. The van der Waals surface area contributed by atoms with Crippen molar-refractivity contribution in [1.82, 2.24) is 15.1 Å². The summed E-state index contributed by atoms with van der Waals surface area (Å²) in [4.78, 5) is 24.5. The lowest BCUT2D eigenvalue weighted by atomic mass is 10.1. The predicted molar refractivity (Wildman–Crippen MR) is 153 cm³/mol. The number of likely N-dealkylation sites (N-methyl/N-ethyl adjacent to an activating group) is 2. The Labute approximate surface area is 222 Å². The maximum Gasteiger partial charge on any atom is 0.252 e. The third kappa shape index (κ3) is 14.7. The Morgan fingerprint density at radius 1 is 1.19 bits per heavy atom. The van der Waals surface area contributed by atoms with Gasteiger partial charge in [-0.3, -0.25) is 4.79 Å². The first kappa shape index (κ1) is 35.5. The van der Waals surface area contributed by atoms with E-state index in [2.05, 4.69) is 47.6 Å². The number of hydrogen-bond donors (Lipinski definition) is 2. The number of benzene rings is 1. The lowest BCUT2D eigenvalue weighted by Gasteiger charge is -2.19. The van der Waals surface area contributed by atoms with Crippen LogP contribution in [0.1, 0.15) is 33.3 Å². The molecule has 0 fully saturated rings. The van der Waals surface area contributed by atoms with Crippen LogP contribution in [0.5, 0.6) is 0 Å². The zero-order valence-electron chi connectivity index (χ0n) is 23.1. The zero-order chi connectivity index (χ0) is 27.8. The Balaban J connectivity index is 0. The Hall–Kier alpha value is -2.64. The zero-order valence-corrected chi connectivity index (χ0v) is 23.9. The van der Waals surface area contributed by atoms with Crippen LogP contribution in [0.2, 0.25) is 0 Å². The quantitative estimate of drug-likeness (QED) is 0.203. The molecule has 0 saturated heterocycles. The summed E-state index contributed by atoms with van der Waals surface area (Å²) >= 11 is 1.38. The Kier molecular flexibility index (Phi) is 23.8. The molecule has 1 aromatic carbocycles. The van der Waals surface area contributed by atoms with Crippen molar-refractivity contribution in [2.75, 3.05) is 65.1 Å². The first-order valence-electron chi connectivity index (χ1n) is 12.2. The molecule has 0 aliphatic heterocycles. The number of nitriles is 1. The van der Waals surface area contributed by atoms with Crippen LogP contribution in [-0.2, 0) is 20.7 Å². The highest BCUT2D eigenvalue weighted by Gasteiger charge is 2.15. The van der Waals surface area contributed by atoms with Crippen LogP contribution < -0.4 is 10.6 Å². The van der Waals surface area contributed by atoms with Crippen LogP contribution in [0.3, 0.4) is 0 Å². The molecule has 1 amide bonds. The van der Waals surface area contributed by atoms with Gasteiger partial charge >= 0.3 is 0 Å². The van der Waals surface area contributed by atoms with Crippen LogP contribution in [-0.4, -0.2) is 82.2 Å². The van der Waals surface area contributed by atoms with E-state index in [1.165, 1.54) is 28.3 Å². The molecule has 0 aliphatic carbocycles. The van der Waals surface area contributed by atoms with Gasteiger partial charge in [-0.1, -0.05) is 39.8 Å². The van der Waals surface area contributed by atoms with Gasteiger partial charge < -0.3 is 30.0 Å². The van der Waals surface area contributed by atoms with Gasteiger partial charge in [0, 0.05) is 51.8 Å². The number of carbonyl (C=O) groups is 2. The molecule has 202 valence electrons. The summed E-state index contributed by atoms with van der Waals surface area (Å²) in [5.74, 6) is -0.206. The Morgan fingerprint density at radius 3 is 2.31 bits per heavy atom. The van der Waals surface area contributed by atoms with Crippen LogP contribution in [0.4, 0.5) is 5.69 Å². The first-order chi connectivity index (χ1) is 17.5. The molecule has 1 rings (SSSR count). The predicted octanol–water partition coefficient (Wildman–Crippen LogP) is 4.13. The van der Waals surface area contributed by atoms with Gasteiger partial charge in [-0.05, 0) is 43.5 Å². The van der Waals surface area contributed by atoms with Crippen LogP contribution in [0, 0.1) is 11.3 Å². The number of rotatable bonds is 15. The third-order valence-electron chi connectivity index (χ3n) is 5.05. The van der Waals surface area contributed by atoms with E-state index < -0.39 is 0 Å². The molecule has 0 aliphatic rings. The minimum Gasteiger partial charge on any atom is -0.383 e. The van der Waals surface area contributed by atoms with Gasteiger partial charge in [-0.15, -0.1) is 11.8 Å². The number of nitrogens with zero attached hydrogens (tertiary/aromatic N) is 3. The number of ether oxygens (including phenoxy) is 1. The molecule has 0 spiro atoms. The minimum absolute atomic E-state index is 0.206. The van der Waals surface area contributed by atoms with E-state index in [-0.39, 0.29) is 5.91 Å². The number of hydrogen-bond acceptors (Lipinski definition) is 8. The molecule has 8 nitrogen and oxygen atoms in total. The maximum atomic E-state index is 12.6. The van der Waals surface area contributed by atoms with Gasteiger partial charge in [0.05, 0.1) is 23.3 Å². The van der Waals surface area contributed by atoms with E-state index in [1.807, 2.05) is 39.0 Å². The van der Waals surface area contributed by atoms with E-state index in [4.69, 9.17) is 9.53 Å². The van der Waals surface area contributed by atoms with Gasteiger partial charge in [0.1, 0.15) is 6.79 Å². The highest BCUT2D eigenvalue weighted by Crippen LogP contribution is 2.20.